The lowest BCUT2D eigenvalue weighted by Crippen LogP contribution is -2.45. The van der Waals surface area contributed by atoms with Gasteiger partial charge in [-0.2, -0.15) is 0 Å². The molecule has 5 heteroatoms. The van der Waals surface area contributed by atoms with Crippen molar-refractivity contribution in [2.75, 3.05) is 13.7 Å². The zero-order chi connectivity index (χ0) is 15.5. The molecule has 1 saturated carbocycles. The number of halogens is 1. The van der Waals surface area contributed by atoms with Gasteiger partial charge in [-0.15, -0.1) is 0 Å². The summed E-state index contributed by atoms with van der Waals surface area (Å²) >= 11 is 5.93. The van der Waals surface area contributed by atoms with Crippen LogP contribution in [0.15, 0.2) is 18.2 Å². The van der Waals surface area contributed by atoms with Crippen LogP contribution in [0.3, 0.4) is 0 Å². The molecule has 1 fully saturated rings. The van der Waals surface area contributed by atoms with Crippen molar-refractivity contribution >= 4 is 17.5 Å². The summed E-state index contributed by atoms with van der Waals surface area (Å²) < 4.78 is 5.17. The normalized spacial score (nSPS) is 25.4. The van der Waals surface area contributed by atoms with Crippen LogP contribution in [0.25, 0.3) is 0 Å². The third kappa shape index (κ3) is 4.11. The molecule has 1 aliphatic rings. The highest BCUT2D eigenvalue weighted by atomic mass is 35.5. The van der Waals surface area contributed by atoms with Gasteiger partial charge in [0, 0.05) is 11.6 Å². The third-order valence-electron chi connectivity index (χ3n) is 4.19. The van der Waals surface area contributed by atoms with Crippen molar-refractivity contribution in [3.8, 4) is 5.75 Å². The molecule has 0 radical (unpaired) electrons. The number of carbonyl (C=O) groups excluding carboxylic acids is 1. The molecule has 0 aliphatic heterocycles. The molecule has 2 N–H and O–H groups in total. The van der Waals surface area contributed by atoms with Crippen molar-refractivity contribution in [2.45, 2.75) is 38.2 Å². The van der Waals surface area contributed by atoms with Gasteiger partial charge in [-0.1, -0.05) is 18.5 Å². The summed E-state index contributed by atoms with van der Waals surface area (Å²) in [5.74, 6) is 0.844. The summed E-state index contributed by atoms with van der Waals surface area (Å²) in [7, 11) is 1.51. The Hall–Kier alpha value is -1.26. The number of rotatable bonds is 4. The van der Waals surface area contributed by atoms with E-state index in [0.717, 1.165) is 25.7 Å². The summed E-state index contributed by atoms with van der Waals surface area (Å²) in [5.41, 5.74) is -0.411. The summed E-state index contributed by atoms with van der Waals surface area (Å²) in [6.45, 7) is 2.45. The van der Waals surface area contributed by atoms with E-state index in [4.69, 9.17) is 16.3 Å². The molecule has 1 amide bonds. The van der Waals surface area contributed by atoms with Crippen LogP contribution in [0.2, 0.25) is 5.02 Å². The highest BCUT2D eigenvalue weighted by molar-refractivity contribution is 6.31. The van der Waals surface area contributed by atoms with E-state index in [9.17, 15) is 9.90 Å². The topological polar surface area (TPSA) is 58.6 Å². The van der Waals surface area contributed by atoms with Crippen molar-refractivity contribution in [2.24, 2.45) is 5.92 Å². The van der Waals surface area contributed by atoms with Gasteiger partial charge in [-0.3, -0.25) is 4.79 Å². The van der Waals surface area contributed by atoms with Crippen LogP contribution in [0.4, 0.5) is 0 Å². The summed E-state index contributed by atoms with van der Waals surface area (Å²) in [6, 6.07) is 4.91. The van der Waals surface area contributed by atoms with Crippen LogP contribution >= 0.6 is 11.6 Å². The number of carbonyl (C=O) groups is 1. The van der Waals surface area contributed by atoms with Gasteiger partial charge in [-0.25, -0.2) is 0 Å². The van der Waals surface area contributed by atoms with Gasteiger partial charge in [0.25, 0.3) is 5.91 Å². The molecule has 21 heavy (non-hydrogen) atoms. The third-order valence-corrected chi connectivity index (χ3v) is 4.42. The fraction of sp³-hybridized carbons (Fsp3) is 0.562. The summed E-state index contributed by atoms with van der Waals surface area (Å²) in [6.07, 6.45) is 3.43. The first kappa shape index (κ1) is 16.1. The zero-order valence-electron chi connectivity index (χ0n) is 12.5. The number of ether oxygens (including phenoxy) is 1. The summed E-state index contributed by atoms with van der Waals surface area (Å²) in [4.78, 5) is 12.3. The Kier molecular flexibility index (Phi) is 5.12. The quantitative estimate of drug-likeness (QED) is 0.898. The second-order valence-electron chi connectivity index (χ2n) is 5.93. The average molecular weight is 312 g/mol. The van der Waals surface area contributed by atoms with Gasteiger partial charge in [0.05, 0.1) is 18.3 Å². The van der Waals surface area contributed by atoms with Crippen LogP contribution in [-0.2, 0) is 0 Å². The van der Waals surface area contributed by atoms with E-state index in [-0.39, 0.29) is 12.5 Å². The maximum absolute atomic E-state index is 12.3. The molecule has 116 valence electrons. The number of benzene rings is 1. The van der Waals surface area contributed by atoms with Crippen molar-refractivity contribution in [1.82, 2.24) is 5.32 Å². The van der Waals surface area contributed by atoms with Crippen molar-refractivity contribution in [3.63, 3.8) is 0 Å². The van der Waals surface area contributed by atoms with Crippen LogP contribution in [0.1, 0.15) is 43.0 Å². The number of hydrogen-bond acceptors (Lipinski definition) is 3. The number of hydrogen-bond donors (Lipinski definition) is 2. The minimum absolute atomic E-state index is 0.258. The maximum atomic E-state index is 12.3. The van der Waals surface area contributed by atoms with E-state index in [1.165, 1.54) is 7.11 Å². The highest BCUT2D eigenvalue weighted by Crippen LogP contribution is 2.31. The zero-order valence-corrected chi connectivity index (χ0v) is 13.2. The number of amides is 1. The fourth-order valence-corrected chi connectivity index (χ4v) is 2.85. The first-order valence-electron chi connectivity index (χ1n) is 7.28. The van der Waals surface area contributed by atoms with Gasteiger partial charge < -0.3 is 15.2 Å². The molecular weight excluding hydrogens is 290 g/mol. The van der Waals surface area contributed by atoms with E-state index in [1.54, 1.807) is 18.2 Å². The minimum atomic E-state index is -0.798. The molecular formula is C16H22ClNO3. The van der Waals surface area contributed by atoms with E-state index < -0.39 is 5.60 Å². The molecule has 0 spiro atoms. The SMILES string of the molecule is COc1ccc(Cl)cc1C(=O)NCC1(O)CCC(C)CC1. The van der Waals surface area contributed by atoms with Gasteiger partial charge >= 0.3 is 0 Å². The Morgan fingerprint density at radius 1 is 1.48 bits per heavy atom. The molecule has 1 aromatic carbocycles. The first-order valence-corrected chi connectivity index (χ1v) is 7.65. The van der Waals surface area contributed by atoms with E-state index in [1.807, 2.05) is 0 Å². The largest absolute Gasteiger partial charge is 0.496 e. The van der Waals surface area contributed by atoms with E-state index in [0.29, 0.717) is 22.3 Å². The lowest BCUT2D eigenvalue weighted by Gasteiger charge is -2.35. The second-order valence-corrected chi connectivity index (χ2v) is 6.37. The van der Waals surface area contributed by atoms with E-state index >= 15 is 0 Å². The smallest absolute Gasteiger partial charge is 0.255 e. The standard InChI is InChI=1S/C16H22ClNO3/c1-11-5-7-16(20,8-6-11)10-18-15(19)13-9-12(17)3-4-14(13)21-2/h3-4,9,11,20H,5-8,10H2,1-2H3,(H,18,19). The minimum Gasteiger partial charge on any atom is -0.496 e. The van der Waals surface area contributed by atoms with Crippen molar-refractivity contribution in [1.29, 1.82) is 0 Å². The molecule has 0 heterocycles. The van der Waals surface area contributed by atoms with Gasteiger partial charge in [0.1, 0.15) is 5.75 Å². The molecule has 0 saturated heterocycles. The lowest BCUT2D eigenvalue weighted by molar-refractivity contribution is -0.00542. The van der Waals surface area contributed by atoms with Gasteiger partial charge in [0.15, 0.2) is 0 Å². The van der Waals surface area contributed by atoms with Crippen LogP contribution < -0.4 is 10.1 Å². The molecule has 0 aromatic heterocycles. The fourth-order valence-electron chi connectivity index (χ4n) is 2.67. The summed E-state index contributed by atoms with van der Waals surface area (Å²) in [5, 5.41) is 13.8. The highest BCUT2D eigenvalue weighted by Gasteiger charge is 2.32. The Morgan fingerprint density at radius 2 is 2.14 bits per heavy atom. The van der Waals surface area contributed by atoms with Crippen LogP contribution in [0, 0.1) is 5.92 Å². The van der Waals surface area contributed by atoms with Crippen molar-refractivity contribution < 1.29 is 14.6 Å². The van der Waals surface area contributed by atoms with Gasteiger partial charge in [-0.05, 0) is 49.8 Å². The monoisotopic (exact) mass is 311 g/mol. The molecule has 1 aliphatic carbocycles. The molecule has 0 unspecified atom stereocenters. The molecule has 0 bridgehead atoms. The first-order chi connectivity index (χ1) is 9.93. The van der Waals surface area contributed by atoms with Crippen LogP contribution in [0.5, 0.6) is 5.75 Å². The Labute approximate surface area is 130 Å². The number of nitrogens with one attached hydrogen (secondary N) is 1. The Morgan fingerprint density at radius 3 is 2.76 bits per heavy atom. The van der Waals surface area contributed by atoms with Gasteiger partial charge in [0.2, 0.25) is 0 Å². The Balaban J connectivity index is 2.00. The number of methoxy groups -OCH3 is 1. The maximum Gasteiger partial charge on any atom is 0.255 e. The molecule has 0 atom stereocenters. The second kappa shape index (κ2) is 6.67. The molecule has 2 rings (SSSR count). The Bertz CT molecular complexity index is 510. The molecule has 1 aromatic rings. The predicted octanol–water partition coefficient (Wildman–Crippen LogP) is 3.02. The van der Waals surface area contributed by atoms with Crippen molar-refractivity contribution in [3.05, 3.63) is 28.8 Å². The van der Waals surface area contributed by atoms with Crippen LogP contribution in [-0.4, -0.2) is 30.3 Å². The lowest BCUT2D eigenvalue weighted by atomic mass is 9.79. The molecule has 4 nitrogen and oxygen atoms in total. The number of aliphatic hydroxyl groups is 1. The predicted molar refractivity (Wildman–Crippen MR) is 82.9 cm³/mol. The van der Waals surface area contributed by atoms with E-state index in [2.05, 4.69) is 12.2 Å². The average Bonchev–Trinajstić information content (AvgIpc) is 2.48.